The molecular weight excluding hydrogens is 698 g/mol. The maximum absolute atomic E-state index is 2.65. The van der Waals surface area contributed by atoms with E-state index >= 15 is 0 Å². The highest BCUT2D eigenvalue weighted by Gasteiger charge is 2.50. The molecule has 0 aromatic heterocycles. The topological polar surface area (TPSA) is 6.48 Å². The highest BCUT2D eigenvalue weighted by Crippen LogP contribution is 2.49. The van der Waals surface area contributed by atoms with Crippen LogP contribution in [-0.2, 0) is 16.2 Å². The van der Waals surface area contributed by atoms with Crippen LogP contribution in [0.2, 0.25) is 0 Å². The van der Waals surface area contributed by atoms with Crippen LogP contribution in [-0.4, -0.2) is 13.4 Å². The average molecular weight is 749 g/mol. The number of nitrogens with zero attached hydrogens (tertiary/aromatic N) is 2. The van der Waals surface area contributed by atoms with E-state index in [1.165, 1.54) is 106 Å². The largest absolute Gasteiger partial charge is 0.312 e. The molecule has 0 atom stereocenters. The van der Waals surface area contributed by atoms with E-state index in [0.29, 0.717) is 0 Å². The van der Waals surface area contributed by atoms with Gasteiger partial charge in [0, 0.05) is 34.1 Å². The minimum Gasteiger partial charge on any atom is -0.312 e. The van der Waals surface area contributed by atoms with E-state index in [1.54, 1.807) is 0 Å². The number of hydrogen-bond donors (Lipinski definition) is 0. The van der Waals surface area contributed by atoms with Gasteiger partial charge in [-0.3, -0.25) is 0 Å². The lowest BCUT2D eigenvalue weighted by molar-refractivity contribution is 0.590. The van der Waals surface area contributed by atoms with Crippen molar-refractivity contribution in [2.45, 2.75) is 78.6 Å². The summed E-state index contributed by atoms with van der Waals surface area (Å²) >= 11 is 0. The summed E-state index contributed by atoms with van der Waals surface area (Å²) in [6.07, 6.45) is 0. The Hall–Kier alpha value is -5.73. The molecule has 0 saturated heterocycles. The van der Waals surface area contributed by atoms with Crippen molar-refractivity contribution >= 4 is 80.3 Å². The van der Waals surface area contributed by atoms with Gasteiger partial charge in [-0.15, -0.1) is 0 Å². The lowest BCUT2D eigenvalue weighted by Gasteiger charge is -2.45. The van der Waals surface area contributed by atoms with Gasteiger partial charge in [0.25, 0.3) is 0 Å². The van der Waals surface area contributed by atoms with Gasteiger partial charge in [0.1, 0.15) is 0 Å². The zero-order valence-electron chi connectivity index (χ0n) is 35.3. The van der Waals surface area contributed by atoms with Gasteiger partial charge in [-0.2, -0.15) is 0 Å². The van der Waals surface area contributed by atoms with E-state index in [2.05, 4.69) is 212 Å². The number of para-hydroxylation sites is 1. The van der Waals surface area contributed by atoms with Crippen LogP contribution >= 0.6 is 0 Å². The van der Waals surface area contributed by atoms with Crippen molar-refractivity contribution in [3.05, 3.63) is 156 Å². The maximum Gasteiger partial charge on any atom is 0.248 e. The van der Waals surface area contributed by atoms with Crippen molar-refractivity contribution in [3.8, 4) is 22.3 Å². The first-order valence-corrected chi connectivity index (χ1v) is 21.2. The fourth-order valence-electron chi connectivity index (χ4n) is 10.9. The highest BCUT2D eigenvalue weighted by atomic mass is 15.2. The van der Waals surface area contributed by atoms with Crippen molar-refractivity contribution in [3.63, 3.8) is 0 Å². The normalized spacial score (nSPS) is 14.5. The van der Waals surface area contributed by atoms with Crippen LogP contribution in [0, 0.1) is 0 Å². The summed E-state index contributed by atoms with van der Waals surface area (Å²) in [5, 5.41) is 0. The first-order chi connectivity index (χ1) is 27.7. The summed E-state index contributed by atoms with van der Waals surface area (Å²) in [5.41, 5.74) is 25.6. The van der Waals surface area contributed by atoms with Gasteiger partial charge < -0.3 is 9.80 Å². The number of fused-ring (bicyclic) bond motifs is 10. The predicted octanol–water partition coefficient (Wildman–Crippen LogP) is 10.1. The molecule has 7 aromatic rings. The summed E-state index contributed by atoms with van der Waals surface area (Å²) in [6, 6.07) is 53.8. The molecule has 0 N–H and O–H groups in total. The Bertz CT molecular complexity index is 2840. The number of anilines is 6. The minimum atomic E-state index is -0.213. The van der Waals surface area contributed by atoms with Crippen molar-refractivity contribution in [1.82, 2.24) is 0 Å². The SMILES string of the molecule is CC(C)(C)c1ccc(N2c3cccc4c3B(c3ccccc3-4)c3cc4c(c(C(C)(C)C)c32)B2c3ccc(C(C)(C)C)cc3-c3cccc(c32)N4c2ccccc2)cc1. The maximum atomic E-state index is 2.65. The molecule has 0 aliphatic carbocycles. The molecule has 0 unspecified atom stereocenters. The second-order valence-corrected chi connectivity index (χ2v) is 20.2. The molecule has 4 heteroatoms. The van der Waals surface area contributed by atoms with Crippen molar-refractivity contribution < 1.29 is 0 Å². The van der Waals surface area contributed by atoms with Crippen molar-refractivity contribution in [2.75, 3.05) is 9.80 Å². The van der Waals surface area contributed by atoms with Gasteiger partial charge >= 0.3 is 0 Å². The third-order valence-electron chi connectivity index (χ3n) is 13.5. The standard InChI is InChI=1S/C54H50B2N2/c1-52(2,3)33-25-28-36(29-26-33)58-45-24-15-20-38-37-19-13-14-22-41(37)55(48(38)45)43-32-46-50(47(51(43)58)54(7,8)9)56-42-30-27-34(53(4,5)6)31-40(42)39-21-16-23-44(49(39)56)57(46)35-17-11-10-12-18-35/h10-32H,1-9H3. The average Bonchev–Trinajstić information content (AvgIpc) is 3.71. The third kappa shape index (κ3) is 4.87. The summed E-state index contributed by atoms with van der Waals surface area (Å²) in [7, 11) is 0. The molecule has 58 heavy (non-hydrogen) atoms. The molecule has 2 nitrogen and oxygen atoms in total. The van der Waals surface area contributed by atoms with Crippen LogP contribution in [0.3, 0.4) is 0 Å². The predicted molar refractivity (Wildman–Crippen MR) is 252 cm³/mol. The van der Waals surface area contributed by atoms with Crippen LogP contribution in [0.15, 0.2) is 140 Å². The van der Waals surface area contributed by atoms with Gasteiger partial charge in [-0.05, 0) is 120 Å². The quantitative estimate of drug-likeness (QED) is 0.163. The smallest absolute Gasteiger partial charge is 0.248 e. The van der Waals surface area contributed by atoms with E-state index in [0.717, 1.165) is 0 Å². The minimum absolute atomic E-state index is 0.0432. The zero-order chi connectivity index (χ0) is 40.0. The van der Waals surface area contributed by atoms with Gasteiger partial charge in [0.2, 0.25) is 13.4 Å². The van der Waals surface area contributed by atoms with E-state index < -0.39 is 0 Å². The summed E-state index contributed by atoms with van der Waals surface area (Å²) in [5.74, 6) is 0. The number of rotatable bonds is 2. The third-order valence-corrected chi connectivity index (χ3v) is 13.5. The van der Waals surface area contributed by atoms with Gasteiger partial charge in [0.05, 0.1) is 0 Å². The molecule has 4 aliphatic heterocycles. The second-order valence-electron chi connectivity index (χ2n) is 20.2. The van der Waals surface area contributed by atoms with Crippen LogP contribution in [0.5, 0.6) is 0 Å². The fraction of sp³-hybridized carbons (Fsp3) is 0.222. The van der Waals surface area contributed by atoms with Crippen LogP contribution < -0.4 is 42.6 Å². The molecule has 11 rings (SSSR count). The van der Waals surface area contributed by atoms with Crippen molar-refractivity contribution in [2.24, 2.45) is 0 Å². The molecule has 0 spiro atoms. The highest BCUT2D eigenvalue weighted by molar-refractivity contribution is 7.03. The fourth-order valence-corrected chi connectivity index (χ4v) is 10.9. The van der Waals surface area contributed by atoms with E-state index in [4.69, 9.17) is 0 Å². The van der Waals surface area contributed by atoms with Gasteiger partial charge in [0.15, 0.2) is 0 Å². The molecule has 7 aromatic carbocycles. The Labute approximate surface area is 345 Å². The molecule has 282 valence electrons. The summed E-state index contributed by atoms with van der Waals surface area (Å²) < 4.78 is 0. The molecule has 0 bridgehead atoms. The Balaban J connectivity index is 1.30. The Morgan fingerprint density at radius 3 is 1.59 bits per heavy atom. The van der Waals surface area contributed by atoms with E-state index in [9.17, 15) is 0 Å². The Morgan fingerprint density at radius 1 is 0.362 bits per heavy atom. The Kier molecular flexibility index (Phi) is 7.28. The molecule has 0 fully saturated rings. The lowest BCUT2D eigenvalue weighted by atomic mass is 9.33. The monoisotopic (exact) mass is 748 g/mol. The summed E-state index contributed by atoms with van der Waals surface area (Å²) in [6.45, 7) is 21.5. The summed E-state index contributed by atoms with van der Waals surface area (Å²) in [4.78, 5) is 5.25. The first kappa shape index (κ1) is 35.4. The molecule has 0 saturated carbocycles. The molecule has 0 amide bonds. The van der Waals surface area contributed by atoms with E-state index in [-0.39, 0.29) is 29.7 Å². The molecule has 4 heterocycles. The first-order valence-electron chi connectivity index (χ1n) is 21.2. The van der Waals surface area contributed by atoms with Gasteiger partial charge in [-0.25, -0.2) is 0 Å². The lowest BCUT2D eigenvalue weighted by Crippen LogP contribution is -2.61. The number of benzene rings is 7. The van der Waals surface area contributed by atoms with Crippen LogP contribution in [0.1, 0.15) is 79.0 Å². The molecular formula is C54H50B2N2. The number of hydrogen-bond acceptors (Lipinski definition) is 2. The zero-order valence-corrected chi connectivity index (χ0v) is 35.3. The van der Waals surface area contributed by atoms with Crippen molar-refractivity contribution in [1.29, 1.82) is 0 Å². The molecule has 0 radical (unpaired) electrons. The molecule has 4 aliphatic rings. The Morgan fingerprint density at radius 2 is 0.914 bits per heavy atom. The van der Waals surface area contributed by atoms with Crippen LogP contribution in [0.25, 0.3) is 22.3 Å². The van der Waals surface area contributed by atoms with Crippen LogP contribution in [0.4, 0.5) is 34.1 Å². The second kappa shape index (κ2) is 11.9. The van der Waals surface area contributed by atoms with E-state index in [1.807, 2.05) is 0 Å². The van der Waals surface area contributed by atoms with Gasteiger partial charge in [-0.1, -0.05) is 170 Å².